The molecule has 0 fully saturated rings. The molecule has 0 heterocycles. The van der Waals surface area contributed by atoms with Crippen LogP contribution in [-0.2, 0) is 0 Å². The number of aryl methyl sites for hydroxylation is 1. The van der Waals surface area contributed by atoms with E-state index in [-0.39, 0.29) is 5.84 Å². The maximum atomic E-state index is 8.85. The third-order valence-electron chi connectivity index (χ3n) is 2.68. The molecule has 0 aliphatic carbocycles. The second-order valence-electron chi connectivity index (χ2n) is 4.14. The molecule has 2 rings (SSSR count). The molecule has 0 aliphatic heterocycles. The summed E-state index contributed by atoms with van der Waals surface area (Å²) in [5.74, 6) is 1.23. The van der Waals surface area contributed by atoms with E-state index in [1.165, 1.54) is 0 Å². The van der Waals surface area contributed by atoms with E-state index in [1.54, 1.807) is 12.1 Å². The van der Waals surface area contributed by atoms with Gasteiger partial charge in [-0.25, -0.2) is 0 Å². The van der Waals surface area contributed by atoms with Crippen molar-refractivity contribution >= 4 is 37.7 Å². The summed E-state index contributed by atoms with van der Waals surface area (Å²) in [4.78, 5) is 0. The Morgan fingerprint density at radius 2 is 1.70 bits per heavy atom. The number of hydrogen-bond donors (Lipinski definition) is 2. The van der Waals surface area contributed by atoms with Crippen LogP contribution >= 0.6 is 31.9 Å². The summed E-state index contributed by atoms with van der Waals surface area (Å²) in [6.45, 7) is 1.95. The molecule has 0 aromatic heterocycles. The molecule has 0 radical (unpaired) electrons. The Bertz CT molecular complexity index is 672. The lowest BCUT2D eigenvalue weighted by atomic mass is 10.1. The lowest BCUT2D eigenvalue weighted by Gasteiger charge is -2.12. The fourth-order valence-corrected chi connectivity index (χ4v) is 2.53. The first kappa shape index (κ1) is 14.9. The van der Waals surface area contributed by atoms with E-state index in [0.29, 0.717) is 17.1 Å². The minimum absolute atomic E-state index is 0.00364. The second kappa shape index (κ2) is 6.28. The van der Waals surface area contributed by atoms with Crippen LogP contribution in [0.4, 0.5) is 0 Å². The fraction of sp³-hybridized carbons (Fsp3) is 0.0714. The Labute approximate surface area is 133 Å². The van der Waals surface area contributed by atoms with E-state index in [9.17, 15) is 0 Å². The van der Waals surface area contributed by atoms with Crippen LogP contribution in [0.15, 0.2) is 50.5 Å². The Kier molecular flexibility index (Phi) is 4.67. The zero-order valence-electron chi connectivity index (χ0n) is 10.6. The quantitative estimate of drug-likeness (QED) is 0.347. The molecular weight excluding hydrogens is 388 g/mol. The molecule has 0 bridgehead atoms. The number of hydrogen-bond acceptors (Lipinski definition) is 3. The number of oxime groups is 1. The molecule has 0 amide bonds. The first-order chi connectivity index (χ1) is 9.51. The highest BCUT2D eigenvalue weighted by atomic mass is 79.9. The van der Waals surface area contributed by atoms with Crippen LogP contribution in [0.5, 0.6) is 11.5 Å². The average Bonchev–Trinajstić information content (AvgIpc) is 2.42. The summed E-state index contributed by atoms with van der Waals surface area (Å²) < 4.78 is 7.66. The predicted molar refractivity (Wildman–Crippen MR) is 85.6 cm³/mol. The van der Waals surface area contributed by atoms with Crippen molar-refractivity contribution in [1.82, 2.24) is 0 Å². The maximum absolute atomic E-state index is 8.85. The minimum Gasteiger partial charge on any atom is -0.456 e. The molecule has 3 N–H and O–H groups in total. The summed E-state index contributed by atoms with van der Waals surface area (Å²) in [6.07, 6.45) is 0. The number of amidine groups is 1. The van der Waals surface area contributed by atoms with Gasteiger partial charge in [-0.15, -0.1) is 0 Å². The zero-order chi connectivity index (χ0) is 14.7. The fourth-order valence-electron chi connectivity index (χ4n) is 1.69. The summed E-state index contributed by atoms with van der Waals surface area (Å²) in [7, 11) is 0. The zero-order valence-corrected chi connectivity index (χ0v) is 13.8. The van der Waals surface area contributed by atoms with E-state index in [4.69, 9.17) is 15.7 Å². The first-order valence-electron chi connectivity index (χ1n) is 5.72. The lowest BCUT2D eigenvalue weighted by molar-refractivity contribution is 0.318. The predicted octanol–water partition coefficient (Wildman–Crippen LogP) is 4.41. The monoisotopic (exact) mass is 398 g/mol. The van der Waals surface area contributed by atoms with Crippen LogP contribution in [0.25, 0.3) is 0 Å². The molecule has 20 heavy (non-hydrogen) atoms. The molecule has 0 spiro atoms. The smallest absolute Gasteiger partial charge is 0.173 e. The van der Waals surface area contributed by atoms with Gasteiger partial charge in [-0.1, -0.05) is 37.0 Å². The summed E-state index contributed by atoms with van der Waals surface area (Å²) in [6, 6.07) is 11.0. The van der Waals surface area contributed by atoms with E-state index in [1.807, 2.05) is 31.2 Å². The van der Waals surface area contributed by atoms with Gasteiger partial charge in [0.2, 0.25) is 0 Å². The molecule has 4 nitrogen and oxygen atoms in total. The van der Waals surface area contributed by atoms with Crippen molar-refractivity contribution in [1.29, 1.82) is 0 Å². The standard InChI is InChI=1S/C14H12Br2N2O2/c1-8-6-9(15)2-4-12(8)20-13-5-3-10(16)7-11(13)14(17)18-19/h2-7,19H,1H3,(H2,17,18). The first-order valence-corrected chi connectivity index (χ1v) is 7.31. The van der Waals surface area contributed by atoms with Gasteiger partial charge < -0.3 is 15.7 Å². The van der Waals surface area contributed by atoms with Gasteiger partial charge in [0.15, 0.2) is 5.84 Å². The van der Waals surface area contributed by atoms with Crippen LogP contribution in [0.2, 0.25) is 0 Å². The maximum Gasteiger partial charge on any atom is 0.173 e. The highest BCUT2D eigenvalue weighted by Gasteiger charge is 2.11. The Balaban J connectivity index is 2.43. The molecule has 2 aromatic carbocycles. The van der Waals surface area contributed by atoms with Crippen LogP contribution in [0.3, 0.4) is 0 Å². The number of nitrogens with zero attached hydrogens (tertiary/aromatic N) is 1. The molecule has 0 saturated heterocycles. The van der Waals surface area contributed by atoms with Crippen molar-refractivity contribution in [3.05, 3.63) is 56.5 Å². The third-order valence-corrected chi connectivity index (χ3v) is 3.67. The molecule has 0 atom stereocenters. The highest BCUT2D eigenvalue weighted by Crippen LogP contribution is 2.31. The summed E-state index contributed by atoms with van der Waals surface area (Å²) in [5.41, 5.74) is 7.17. The topological polar surface area (TPSA) is 67.8 Å². The Morgan fingerprint density at radius 3 is 2.30 bits per heavy atom. The number of nitrogens with two attached hydrogens (primary N) is 1. The van der Waals surface area contributed by atoms with Crippen LogP contribution in [0, 0.1) is 6.92 Å². The van der Waals surface area contributed by atoms with Crippen LogP contribution in [-0.4, -0.2) is 11.0 Å². The van der Waals surface area contributed by atoms with Gasteiger partial charge >= 0.3 is 0 Å². The van der Waals surface area contributed by atoms with Gasteiger partial charge in [0.1, 0.15) is 11.5 Å². The van der Waals surface area contributed by atoms with Crippen molar-refractivity contribution in [3.8, 4) is 11.5 Å². The van der Waals surface area contributed by atoms with E-state index in [2.05, 4.69) is 37.0 Å². The van der Waals surface area contributed by atoms with Gasteiger partial charge in [-0.3, -0.25) is 0 Å². The molecule has 2 aromatic rings. The lowest BCUT2D eigenvalue weighted by Crippen LogP contribution is -2.14. The Hall–Kier alpha value is -1.53. The van der Waals surface area contributed by atoms with Crippen molar-refractivity contribution in [2.24, 2.45) is 10.9 Å². The molecular formula is C14H12Br2N2O2. The van der Waals surface area contributed by atoms with Gasteiger partial charge in [0, 0.05) is 8.95 Å². The minimum atomic E-state index is -0.00364. The molecule has 6 heteroatoms. The van der Waals surface area contributed by atoms with Crippen molar-refractivity contribution in [2.75, 3.05) is 0 Å². The van der Waals surface area contributed by atoms with Crippen LogP contribution in [0.1, 0.15) is 11.1 Å². The van der Waals surface area contributed by atoms with E-state index in [0.717, 1.165) is 14.5 Å². The summed E-state index contributed by atoms with van der Waals surface area (Å²) >= 11 is 6.76. The molecule has 0 saturated carbocycles. The second-order valence-corrected chi connectivity index (χ2v) is 5.97. The average molecular weight is 400 g/mol. The SMILES string of the molecule is Cc1cc(Br)ccc1Oc1ccc(Br)cc1/C(N)=N/O. The Morgan fingerprint density at radius 1 is 1.10 bits per heavy atom. The largest absolute Gasteiger partial charge is 0.456 e. The number of ether oxygens (including phenoxy) is 1. The van der Waals surface area contributed by atoms with Gasteiger partial charge in [-0.2, -0.15) is 0 Å². The van der Waals surface area contributed by atoms with Crippen molar-refractivity contribution in [2.45, 2.75) is 6.92 Å². The van der Waals surface area contributed by atoms with E-state index < -0.39 is 0 Å². The molecule has 0 unspecified atom stereocenters. The highest BCUT2D eigenvalue weighted by molar-refractivity contribution is 9.10. The van der Waals surface area contributed by atoms with E-state index >= 15 is 0 Å². The van der Waals surface area contributed by atoms with Gasteiger partial charge in [-0.05, 0) is 48.9 Å². The van der Waals surface area contributed by atoms with Crippen LogP contribution < -0.4 is 10.5 Å². The molecule has 104 valence electrons. The molecule has 0 aliphatic rings. The summed E-state index contributed by atoms with van der Waals surface area (Å²) in [5, 5.41) is 11.9. The number of benzene rings is 2. The van der Waals surface area contributed by atoms with Gasteiger partial charge in [0.25, 0.3) is 0 Å². The third kappa shape index (κ3) is 3.32. The number of rotatable bonds is 3. The van der Waals surface area contributed by atoms with Crippen molar-refractivity contribution in [3.63, 3.8) is 0 Å². The normalized spacial score (nSPS) is 11.4. The van der Waals surface area contributed by atoms with Crippen molar-refractivity contribution < 1.29 is 9.94 Å². The van der Waals surface area contributed by atoms with Gasteiger partial charge in [0.05, 0.1) is 5.56 Å². The number of halogens is 2.